The van der Waals surface area contributed by atoms with Crippen LogP contribution in [0.2, 0.25) is 0 Å². The summed E-state index contributed by atoms with van der Waals surface area (Å²) in [5.74, 6) is -1.74. The lowest BCUT2D eigenvalue weighted by molar-refractivity contribution is -0.144. The number of rotatable bonds is 6. The van der Waals surface area contributed by atoms with Gasteiger partial charge in [0.1, 0.15) is 0 Å². The predicted molar refractivity (Wildman–Crippen MR) is 88.4 cm³/mol. The van der Waals surface area contributed by atoms with Crippen LogP contribution in [0.3, 0.4) is 0 Å². The molecule has 1 aliphatic rings. The van der Waals surface area contributed by atoms with Gasteiger partial charge in [-0.25, -0.2) is 4.68 Å². The zero-order valence-electron chi connectivity index (χ0n) is 13.7. The van der Waals surface area contributed by atoms with Gasteiger partial charge in [-0.2, -0.15) is 0 Å². The van der Waals surface area contributed by atoms with Gasteiger partial charge < -0.3 is 15.2 Å². The van der Waals surface area contributed by atoms with Crippen LogP contribution in [0, 0.1) is 11.8 Å². The number of hydrogen-bond acceptors (Lipinski definition) is 5. The first kappa shape index (κ1) is 17.1. The summed E-state index contributed by atoms with van der Waals surface area (Å²) in [5, 5.41) is 19.8. The molecule has 0 radical (unpaired) electrons. The molecule has 1 atom stereocenters. The number of benzene rings is 1. The van der Waals surface area contributed by atoms with Gasteiger partial charge in [0, 0.05) is 25.3 Å². The monoisotopic (exact) mass is 344 g/mol. The molecule has 0 saturated carbocycles. The third kappa shape index (κ3) is 4.21. The Kier molecular flexibility index (Phi) is 5.39. The molecule has 0 bridgehead atoms. The summed E-state index contributed by atoms with van der Waals surface area (Å²) in [5.41, 5.74) is 1.26. The second kappa shape index (κ2) is 7.89. The summed E-state index contributed by atoms with van der Waals surface area (Å²) in [6, 6.07) is 6.88. The van der Waals surface area contributed by atoms with Crippen molar-refractivity contribution in [2.24, 2.45) is 11.8 Å². The highest BCUT2D eigenvalue weighted by molar-refractivity contribution is 5.94. The first-order valence-corrected chi connectivity index (χ1v) is 8.20. The van der Waals surface area contributed by atoms with Crippen molar-refractivity contribution in [3.05, 3.63) is 42.2 Å². The van der Waals surface area contributed by atoms with Crippen LogP contribution in [-0.4, -0.2) is 51.7 Å². The zero-order valence-corrected chi connectivity index (χ0v) is 13.7. The number of carboxylic acids is 1. The molecule has 1 unspecified atom stereocenters. The van der Waals surface area contributed by atoms with Crippen LogP contribution in [0.4, 0.5) is 0 Å². The van der Waals surface area contributed by atoms with Crippen LogP contribution in [0.15, 0.2) is 36.7 Å². The number of hydrogen-bond donors (Lipinski definition) is 2. The topological polar surface area (TPSA) is 106 Å². The van der Waals surface area contributed by atoms with Crippen molar-refractivity contribution in [3.8, 4) is 5.69 Å². The van der Waals surface area contributed by atoms with Crippen molar-refractivity contribution < 1.29 is 19.4 Å². The second-order valence-corrected chi connectivity index (χ2v) is 6.00. The molecule has 1 amide bonds. The summed E-state index contributed by atoms with van der Waals surface area (Å²) in [6.45, 7) is 1.27. The molecule has 0 spiro atoms. The highest BCUT2D eigenvalue weighted by atomic mass is 16.5. The van der Waals surface area contributed by atoms with Crippen LogP contribution >= 0.6 is 0 Å². The third-order valence-corrected chi connectivity index (χ3v) is 4.45. The number of carboxylic acid groups (broad SMARTS) is 1. The number of nitrogens with zero attached hydrogens (tertiary/aromatic N) is 3. The molecule has 132 valence electrons. The van der Waals surface area contributed by atoms with E-state index in [1.54, 1.807) is 41.3 Å². The summed E-state index contributed by atoms with van der Waals surface area (Å²) in [7, 11) is 0. The second-order valence-electron chi connectivity index (χ2n) is 6.00. The summed E-state index contributed by atoms with van der Waals surface area (Å²) < 4.78 is 6.87. The van der Waals surface area contributed by atoms with Gasteiger partial charge >= 0.3 is 5.97 Å². The number of aliphatic carboxylic acids is 1. The number of carbonyl (C=O) groups is 2. The van der Waals surface area contributed by atoms with Gasteiger partial charge in [0.15, 0.2) is 0 Å². The largest absolute Gasteiger partial charge is 0.481 e. The van der Waals surface area contributed by atoms with E-state index in [2.05, 4.69) is 15.6 Å². The molecule has 0 aliphatic carbocycles. The van der Waals surface area contributed by atoms with Gasteiger partial charge in [-0.05, 0) is 43.0 Å². The molecule has 25 heavy (non-hydrogen) atoms. The highest BCUT2D eigenvalue weighted by Gasteiger charge is 2.30. The summed E-state index contributed by atoms with van der Waals surface area (Å²) in [4.78, 5) is 23.8. The molecular weight excluding hydrogens is 324 g/mol. The third-order valence-electron chi connectivity index (χ3n) is 4.45. The minimum Gasteiger partial charge on any atom is -0.481 e. The molecule has 8 heteroatoms. The van der Waals surface area contributed by atoms with Gasteiger partial charge in [-0.1, -0.05) is 5.21 Å². The normalized spacial score (nSPS) is 16.3. The van der Waals surface area contributed by atoms with Crippen molar-refractivity contribution in [2.45, 2.75) is 12.8 Å². The van der Waals surface area contributed by atoms with E-state index in [0.717, 1.165) is 5.69 Å². The first-order valence-electron chi connectivity index (χ1n) is 8.20. The van der Waals surface area contributed by atoms with Gasteiger partial charge in [-0.3, -0.25) is 9.59 Å². The number of aromatic nitrogens is 3. The SMILES string of the molecule is O=C(NCC(C(=O)O)C1CCOCC1)c1ccc(-n2ccnn2)cc1. The molecule has 1 aromatic heterocycles. The Labute approximate surface area is 144 Å². The van der Waals surface area contributed by atoms with Gasteiger partial charge in [0.2, 0.25) is 0 Å². The molecule has 2 aromatic rings. The first-order chi connectivity index (χ1) is 12.1. The van der Waals surface area contributed by atoms with E-state index in [1.165, 1.54) is 0 Å². The number of nitrogens with one attached hydrogen (secondary N) is 1. The van der Waals surface area contributed by atoms with E-state index in [4.69, 9.17) is 4.74 Å². The van der Waals surface area contributed by atoms with Crippen molar-refractivity contribution in [3.63, 3.8) is 0 Å². The standard InChI is InChI=1S/C17H20N4O4/c22-16(13-1-3-14(4-2-13)21-8-7-19-20-21)18-11-15(17(23)24)12-5-9-25-10-6-12/h1-4,7-8,12,15H,5-6,9-11H2,(H,18,22)(H,23,24). The Balaban J connectivity index is 1.60. The molecular formula is C17H20N4O4. The Morgan fingerprint density at radius 3 is 2.60 bits per heavy atom. The smallest absolute Gasteiger partial charge is 0.308 e. The number of amides is 1. The maximum Gasteiger partial charge on any atom is 0.308 e. The number of ether oxygens (including phenoxy) is 1. The summed E-state index contributed by atoms with van der Waals surface area (Å²) >= 11 is 0. The quantitative estimate of drug-likeness (QED) is 0.813. The van der Waals surface area contributed by atoms with E-state index in [1.807, 2.05) is 0 Å². The van der Waals surface area contributed by atoms with Crippen molar-refractivity contribution in [1.29, 1.82) is 0 Å². The van der Waals surface area contributed by atoms with E-state index in [9.17, 15) is 14.7 Å². The van der Waals surface area contributed by atoms with Gasteiger partial charge in [0.25, 0.3) is 5.91 Å². The zero-order chi connectivity index (χ0) is 17.6. The van der Waals surface area contributed by atoms with Gasteiger partial charge in [0.05, 0.1) is 24.0 Å². The summed E-state index contributed by atoms with van der Waals surface area (Å²) in [6.07, 6.45) is 4.70. The Hall–Kier alpha value is -2.74. The molecule has 2 N–H and O–H groups in total. The fraction of sp³-hybridized carbons (Fsp3) is 0.412. The molecule has 1 fully saturated rings. The lowest BCUT2D eigenvalue weighted by atomic mass is 9.86. The van der Waals surface area contributed by atoms with E-state index >= 15 is 0 Å². The van der Waals surface area contributed by atoms with E-state index < -0.39 is 11.9 Å². The van der Waals surface area contributed by atoms with Gasteiger partial charge in [-0.15, -0.1) is 5.10 Å². The van der Waals surface area contributed by atoms with Crippen molar-refractivity contribution in [2.75, 3.05) is 19.8 Å². The molecule has 1 aromatic carbocycles. The number of carbonyl (C=O) groups excluding carboxylic acids is 1. The minimum absolute atomic E-state index is 0.0289. The lowest BCUT2D eigenvalue weighted by Gasteiger charge is -2.27. The molecule has 1 saturated heterocycles. The maximum atomic E-state index is 12.3. The van der Waals surface area contributed by atoms with Crippen LogP contribution in [0.1, 0.15) is 23.2 Å². The fourth-order valence-corrected chi connectivity index (χ4v) is 2.99. The van der Waals surface area contributed by atoms with Crippen LogP contribution in [0.25, 0.3) is 5.69 Å². The van der Waals surface area contributed by atoms with Crippen LogP contribution < -0.4 is 5.32 Å². The van der Waals surface area contributed by atoms with Crippen LogP contribution in [0.5, 0.6) is 0 Å². The molecule has 3 rings (SSSR count). The van der Waals surface area contributed by atoms with Crippen LogP contribution in [-0.2, 0) is 9.53 Å². The predicted octanol–water partition coefficient (Wildman–Crippen LogP) is 1.12. The van der Waals surface area contributed by atoms with Crippen molar-refractivity contribution in [1.82, 2.24) is 20.3 Å². The maximum absolute atomic E-state index is 12.3. The van der Waals surface area contributed by atoms with E-state index in [0.29, 0.717) is 31.6 Å². The molecule has 2 heterocycles. The average molecular weight is 344 g/mol. The lowest BCUT2D eigenvalue weighted by Crippen LogP contribution is -2.39. The van der Waals surface area contributed by atoms with Crippen molar-refractivity contribution >= 4 is 11.9 Å². The Morgan fingerprint density at radius 2 is 2.00 bits per heavy atom. The Bertz CT molecular complexity index is 709. The molecule has 8 nitrogen and oxygen atoms in total. The average Bonchev–Trinajstić information content (AvgIpc) is 3.17. The molecule has 1 aliphatic heterocycles. The van der Waals surface area contributed by atoms with E-state index in [-0.39, 0.29) is 18.4 Å². The Morgan fingerprint density at radius 1 is 1.28 bits per heavy atom. The minimum atomic E-state index is -0.881. The fourth-order valence-electron chi connectivity index (χ4n) is 2.99. The highest BCUT2D eigenvalue weighted by Crippen LogP contribution is 2.23.